The summed E-state index contributed by atoms with van der Waals surface area (Å²) in [5.41, 5.74) is 4.88. The molecule has 0 bridgehead atoms. The third kappa shape index (κ3) is 5.26. The fourth-order valence-electron chi connectivity index (χ4n) is 4.26. The van der Waals surface area contributed by atoms with E-state index in [1.54, 1.807) is 12.1 Å². The van der Waals surface area contributed by atoms with Gasteiger partial charge in [-0.25, -0.2) is 4.98 Å². The van der Waals surface area contributed by atoms with E-state index in [1.165, 1.54) is 23.9 Å². The van der Waals surface area contributed by atoms with E-state index < -0.39 is 4.92 Å². The molecule has 3 aromatic carbocycles. The number of non-ortho nitro benzene ring substituents is 1. The molecular weight excluding hydrogens is 474 g/mol. The maximum Gasteiger partial charge on any atom is 0.269 e. The topological polar surface area (TPSA) is 95.4 Å². The van der Waals surface area contributed by atoms with Crippen LogP contribution in [0.2, 0.25) is 0 Å². The monoisotopic (exact) mass is 499 g/mol. The summed E-state index contributed by atoms with van der Waals surface area (Å²) in [6.45, 7) is 2.59. The first kappa shape index (κ1) is 23.6. The Labute approximate surface area is 213 Å². The van der Waals surface area contributed by atoms with Gasteiger partial charge in [0, 0.05) is 55.1 Å². The highest BCUT2D eigenvalue weighted by atomic mass is 32.2. The van der Waals surface area contributed by atoms with Crippen LogP contribution < -0.4 is 4.90 Å². The van der Waals surface area contributed by atoms with Crippen LogP contribution >= 0.6 is 11.8 Å². The summed E-state index contributed by atoms with van der Waals surface area (Å²) in [4.78, 5) is 35.7. The molecule has 0 saturated carbocycles. The Morgan fingerprint density at radius 3 is 2.11 bits per heavy atom. The molecule has 1 amide bonds. The van der Waals surface area contributed by atoms with E-state index in [0.29, 0.717) is 37.1 Å². The van der Waals surface area contributed by atoms with Crippen molar-refractivity contribution in [2.24, 2.45) is 0 Å². The number of thioether (sulfide) groups is 1. The molecule has 1 aromatic heterocycles. The van der Waals surface area contributed by atoms with Crippen LogP contribution in [0.3, 0.4) is 0 Å². The van der Waals surface area contributed by atoms with Crippen molar-refractivity contribution >= 4 is 29.0 Å². The molecular formula is C27H25N5O3S. The molecule has 0 aliphatic carbocycles. The second kappa shape index (κ2) is 10.7. The van der Waals surface area contributed by atoms with Crippen LogP contribution in [0.5, 0.6) is 0 Å². The van der Waals surface area contributed by atoms with Crippen molar-refractivity contribution in [1.82, 2.24) is 14.9 Å². The van der Waals surface area contributed by atoms with Gasteiger partial charge >= 0.3 is 0 Å². The minimum Gasteiger partial charge on any atom is -0.368 e. The number of rotatable bonds is 7. The summed E-state index contributed by atoms with van der Waals surface area (Å²) >= 11 is 1.41. The van der Waals surface area contributed by atoms with Gasteiger partial charge in [0.15, 0.2) is 5.16 Å². The van der Waals surface area contributed by atoms with Crippen LogP contribution in [0.1, 0.15) is 0 Å². The number of amides is 1. The molecule has 5 rings (SSSR count). The minimum absolute atomic E-state index is 0.0715. The number of aromatic nitrogens is 2. The first-order chi connectivity index (χ1) is 17.6. The zero-order chi connectivity index (χ0) is 24.9. The molecule has 36 heavy (non-hydrogen) atoms. The van der Waals surface area contributed by atoms with Crippen molar-refractivity contribution in [2.75, 3.05) is 36.8 Å². The zero-order valence-electron chi connectivity index (χ0n) is 19.5. The number of imidazole rings is 1. The summed E-state index contributed by atoms with van der Waals surface area (Å²) in [6.07, 6.45) is 0. The van der Waals surface area contributed by atoms with Gasteiger partial charge in [-0.05, 0) is 12.1 Å². The predicted octanol–water partition coefficient (Wildman–Crippen LogP) is 5.09. The van der Waals surface area contributed by atoms with Gasteiger partial charge in [-0.15, -0.1) is 0 Å². The number of hydrogen-bond acceptors (Lipinski definition) is 6. The van der Waals surface area contributed by atoms with E-state index in [2.05, 4.69) is 9.88 Å². The van der Waals surface area contributed by atoms with Crippen molar-refractivity contribution in [3.63, 3.8) is 0 Å². The molecule has 1 N–H and O–H groups in total. The summed E-state index contributed by atoms with van der Waals surface area (Å²) in [7, 11) is 0. The maximum absolute atomic E-state index is 12.9. The highest BCUT2D eigenvalue weighted by molar-refractivity contribution is 7.99. The molecule has 2 heterocycles. The van der Waals surface area contributed by atoms with Gasteiger partial charge in [0.05, 0.1) is 22.1 Å². The Balaban J connectivity index is 1.22. The van der Waals surface area contributed by atoms with Crippen LogP contribution in [-0.4, -0.2) is 57.6 Å². The maximum atomic E-state index is 12.9. The fraction of sp³-hybridized carbons (Fsp3) is 0.185. The number of piperazine rings is 1. The van der Waals surface area contributed by atoms with Crippen molar-refractivity contribution in [2.45, 2.75) is 5.16 Å². The fourth-order valence-corrected chi connectivity index (χ4v) is 5.03. The number of anilines is 1. The predicted molar refractivity (Wildman–Crippen MR) is 142 cm³/mol. The molecule has 9 heteroatoms. The van der Waals surface area contributed by atoms with Gasteiger partial charge in [-0.1, -0.05) is 72.4 Å². The number of benzene rings is 3. The van der Waals surface area contributed by atoms with Crippen molar-refractivity contribution in [3.8, 4) is 22.5 Å². The van der Waals surface area contributed by atoms with E-state index >= 15 is 0 Å². The standard InChI is InChI=1S/C27H25N5O3S/c33-24(31-17-15-30(16-18-31)22-11-13-23(14-12-22)32(34)35)19-36-27-28-25(20-7-3-1-4-8-20)26(29-27)21-9-5-2-6-10-21/h1-14H,15-19H2,(H,28,29). The number of nitrogens with one attached hydrogen (secondary N) is 1. The smallest absolute Gasteiger partial charge is 0.269 e. The molecule has 1 aliphatic rings. The molecule has 8 nitrogen and oxygen atoms in total. The lowest BCUT2D eigenvalue weighted by Crippen LogP contribution is -2.49. The van der Waals surface area contributed by atoms with Crippen molar-refractivity contribution < 1.29 is 9.72 Å². The normalized spacial score (nSPS) is 13.6. The lowest BCUT2D eigenvalue weighted by Gasteiger charge is -2.36. The van der Waals surface area contributed by atoms with Crippen LogP contribution in [0.4, 0.5) is 11.4 Å². The number of carbonyl (C=O) groups excluding carboxylic acids is 1. The van der Waals surface area contributed by atoms with E-state index in [4.69, 9.17) is 4.98 Å². The SMILES string of the molecule is O=C(CSc1nc(-c2ccccc2)c(-c2ccccc2)[nH]1)N1CCN(c2ccc([N+](=O)[O-])cc2)CC1. The molecule has 1 fully saturated rings. The number of nitro benzene ring substituents is 1. The second-order valence-electron chi connectivity index (χ2n) is 8.43. The van der Waals surface area contributed by atoms with Gasteiger partial charge in [-0.2, -0.15) is 0 Å². The average Bonchev–Trinajstić information content (AvgIpc) is 3.37. The molecule has 1 aliphatic heterocycles. The van der Waals surface area contributed by atoms with E-state index in [0.717, 1.165) is 28.2 Å². The Morgan fingerprint density at radius 2 is 1.50 bits per heavy atom. The number of nitro groups is 1. The van der Waals surface area contributed by atoms with Crippen molar-refractivity contribution in [3.05, 3.63) is 95.0 Å². The highest BCUT2D eigenvalue weighted by Gasteiger charge is 2.23. The second-order valence-corrected chi connectivity index (χ2v) is 9.39. The molecule has 0 radical (unpaired) electrons. The number of carbonyl (C=O) groups is 1. The van der Waals surface area contributed by atoms with E-state index in [1.807, 2.05) is 65.6 Å². The number of nitrogens with zero attached hydrogens (tertiary/aromatic N) is 4. The number of hydrogen-bond donors (Lipinski definition) is 1. The van der Waals surface area contributed by atoms with Gasteiger partial charge in [0.1, 0.15) is 0 Å². The zero-order valence-corrected chi connectivity index (χ0v) is 20.4. The van der Waals surface area contributed by atoms with Crippen molar-refractivity contribution in [1.29, 1.82) is 0 Å². The van der Waals surface area contributed by atoms with Crippen LogP contribution in [0.15, 0.2) is 90.1 Å². The quantitative estimate of drug-likeness (QED) is 0.216. The molecule has 1 saturated heterocycles. The first-order valence-electron chi connectivity index (χ1n) is 11.7. The van der Waals surface area contributed by atoms with E-state index in [9.17, 15) is 14.9 Å². The molecule has 182 valence electrons. The lowest BCUT2D eigenvalue weighted by molar-refractivity contribution is -0.384. The first-order valence-corrected chi connectivity index (χ1v) is 12.7. The Bertz CT molecular complexity index is 1280. The van der Waals surface area contributed by atoms with Gasteiger partial charge in [-0.3, -0.25) is 14.9 Å². The van der Waals surface area contributed by atoms with Gasteiger partial charge in [0.25, 0.3) is 5.69 Å². The average molecular weight is 500 g/mol. The summed E-state index contributed by atoms with van der Waals surface area (Å²) in [6, 6.07) is 26.7. The van der Waals surface area contributed by atoms with Gasteiger partial charge < -0.3 is 14.8 Å². The third-order valence-corrected chi connectivity index (χ3v) is 7.04. The molecule has 0 spiro atoms. The van der Waals surface area contributed by atoms with E-state index in [-0.39, 0.29) is 11.6 Å². The molecule has 4 aromatic rings. The Kier molecular flexibility index (Phi) is 6.99. The van der Waals surface area contributed by atoms with Crippen LogP contribution in [-0.2, 0) is 4.79 Å². The number of H-pyrrole nitrogens is 1. The summed E-state index contributed by atoms with van der Waals surface area (Å²) in [5, 5.41) is 11.6. The largest absolute Gasteiger partial charge is 0.368 e. The minimum atomic E-state index is -0.400. The molecule has 0 atom stereocenters. The highest BCUT2D eigenvalue weighted by Crippen LogP contribution is 2.32. The summed E-state index contributed by atoms with van der Waals surface area (Å²) < 4.78 is 0. The van der Waals surface area contributed by atoms with Gasteiger partial charge in [0.2, 0.25) is 5.91 Å². The van der Waals surface area contributed by atoms with Crippen LogP contribution in [0.25, 0.3) is 22.5 Å². The molecule has 0 unspecified atom stereocenters. The Hall–Kier alpha value is -4.11. The summed E-state index contributed by atoms with van der Waals surface area (Å²) in [5.74, 6) is 0.371. The third-order valence-electron chi connectivity index (χ3n) is 6.18. The van der Waals surface area contributed by atoms with Crippen LogP contribution in [0, 0.1) is 10.1 Å². The number of aromatic amines is 1. The lowest BCUT2D eigenvalue weighted by atomic mass is 10.1. The Morgan fingerprint density at radius 1 is 0.889 bits per heavy atom.